The highest BCUT2D eigenvalue weighted by Gasteiger charge is 2.07. The maximum absolute atomic E-state index is 11.9. The summed E-state index contributed by atoms with van der Waals surface area (Å²) in [6.45, 7) is 4.61. The average Bonchev–Trinajstić information content (AvgIpc) is 3.12. The van der Waals surface area contributed by atoms with Crippen LogP contribution in [0.15, 0.2) is 48.0 Å². The van der Waals surface area contributed by atoms with Crippen molar-refractivity contribution in [2.45, 2.75) is 20.3 Å². The Morgan fingerprint density at radius 3 is 2.85 bits per heavy atom. The number of amides is 1. The molecule has 3 aromatic rings. The SMILES string of the molecule is Cc1ccc(OCC(=O)NCCc2csc(-c3ccccn3)n2)cc1C. The molecule has 0 spiro atoms. The normalized spacial score (nSPS) is 10.5. The molecule has 0 unspecified atom stereocenters. The maximum atomic E-state index is 11.9. The summed E-state index contributed by atoms with van der Waals surface area (Å²) >= 11 is 1.56. The van der Waals surface area contributed by atoms with Gasteiger partial charge in [0.1, 0.15) is 10.8 Å². The van der Waals surface area contributed by atoms with Crippen LogP contribution in [0.5, 0.6) is 5.75 Å². The molecule has 0 fully saturated rings. The average molecular weight is 367 g/mol. The Bertz CT molecular complexity index is 878. The van der Waals surface area contributed by atoms with Crippen molar-refractivity contribution in [3.05, 3.63) is 64.8 Å². The van der Waals surface area contributed by atoms with E-state index in [1.165, 1.54) is 5.56 Å². The third-order valence-electron chi connectivity index (χ3n) is 3.99. The van der Waals surface area contributed by atoms with Gasteiger partial charge in [-0.15, -0.1) is 11.3 Å². The molecule has 6 heteroatoms. The second-order valence-electron chi connectivity index (χ2n) is 5.99. The second-order valence-corrected chi connectivity index (χ2v) is 6.85. The van der Waals surface area contributed by atoms with E-state index in [2.05, 4.69) is 15.3 Å². The van der Waals surface area contributed by atoms with Gasteiger partial charge in [0, 0.05) is 24.5 Å². The number of ether oxygens (including phenoxy) is 1. The van der Waals surface area contributed by atoms with Crippen LogP contribution in [0.2, 0.25) is 0 Å². The minimum absolute atomic E-state index is 0.0127. The summed E-state index contributed by atoms with van der Waals surface area (Å²) in [5.74, 6) is 0.575. The van der Waals surface area contributed by atoms with E-state index in [4.69, 9.17) is 4.74 Å². The van der Waals surface area contributed by atoms with E-state index < -0.39 is 0 Å². The summed E-state index contributed by atoms with van der Waals surface area (Å²) in [6.07, 6.45) is 2.44. The van der Waals surface area contributed by atoms with Gasteiger partial charge in [0.25, 0.3) is 5.91 Å². The van der Waals surface area contributed by atoms with Gasteiger partial charge < -0.3 is 10.1 Å². The molecule has 2 heterocycles. The lowest BCUT2D eigenvalue weighted by atomic mass is 10.1. The Balaban J connectivity index is 1.42. The summed E-state index contributed by atoms with van der Waals surface area (Å²) in [4.78, 5) is 20.8. The topological polar surface area (TPSA) is 64.1 Å². The van der Waals surface area contributed by atoms with Crippen LogP contribution in [-0.4, -0.2) is 29.0 Å². The predicted molar refractivity (Wildman–Crippen MR) is 103 cm³/mol. The molecule has 0 atom stereocenters. The number of aryl methyl sites for hydroxylation is 2. The molecule has 0 aliphatic heterocycles. The summed E-state index contributed by atoms with van der Waals surface area (Å²) in [5, 5.41) is 5.76. The number of thiazole rings is 1. The van der Waals surface area contributed by atoms with Crippen molar-refractivity contribution in [1.29, 1.82) is 0 Å². The highest BCUT2D eigenvalue weighted by molar-refractivity contribution is 7.13. The van der Waals surface area contributed by atoms with Crippen LogP contribution in [0.1, 0.15) is 16.8 Å². The largest absolute Gasteiger partial charge is 0.484 e. The zero-order chi connectivity index (χ0) is 18.4. The summed E-state index contributed by atoms with van der Waals surface area (Å²) in [5.41, 5.74) is 4.17. The summed E-state index contributed by atoms with van der Waals surface area (Å²) in [6, 6.07) is 11.6. The quantitative estimate of drug-likeness (QED) is 0.693. The molecular weight excluding hydrogens is 346 g/mol. The Kier molecular flexibility index (Phi) is 5.96. The van der Waals surface area contributed by atoms with Gasteiger partial charge in [-0.25, -0.2) is 4.98 Å². The predicted octanol–water partition coefficient (Wildman–Crippen LogP) is 3.56. The Hall–Kier alpha value is -2.73. The fourth-order valence-corrected chi connectivity index (χ4v) is 3.19. The highest BCUT2D eigenvalue weighted by atomic mass is 32.1. The van der Waals surface area contributed by atoms with E-state index in [1.807, 2.05) is 55.6 Å². The Morgan fingerprint density at radius 1 is 1.19 bits per heavy atom. The van der Waals surface area contributed by atoms with E-state index >= 15 is 0 Å². The first-order valence-corrected chi connectivity index (χ1v) is 9.32. The van der Waals surface area contributed by atoms with Gasteiger partial charge in [0.2, 0.25) is 0 Å². The fraction of sp³-hybridized carbons (Fsp3) is 0.250. The molecule has 2 aromatic heterocycles. The van der Waals surface area contributed by atoms with Crippen molar-refractivity contribution in [2.24, 2.45) is 0 Å². The van der Waals surface area contributed by atoms with Gasteiger partial charge in [-0.3, -0.25) is 9.78 Å². The molecule has 5 nitrogen and oxygen atoms in total. The van der Waals surface area contributed by atoms with Crippen molar-refractivity contribution >= 4 is 17.2 Å². The third kappa shape index (κ3) is 4.89. The number of pyridine rings is 1. The first-order chi connectivity index (χ1) is 12.6. The van der Waals surface area contributed by atoms with E-state index in [9.17, 15) is 4.79 Å². The molecule has 1 amide bonds. The molecule has 0 aliphatic carbocycles. The lowest BCUT2D eigenvalue weighted by Crippen LogP contribution is -2.30. The molecule has 0 bridgehead atoms. The van der Waals surface area contributed by atoms with Gasteiger partial charge >= 0.3 is 0 Å². The van der Waals surface area contributed by atoms with Crippen molar-refractivity contribution in [3.8, 4) is 16.5 Å². The molecule has 1 N–H and O–H groups in total. The zero-order valence-corrected chi connectivity index (χ0v) is 15.7. The number of carbonyl (C=O) groups is 1. The van der Waals surface area contributed by atoms with Crippen molar-refractivity contribution in [3.63, 3.8) is 0 Å². The van der Waals surface area contributed by atoms with E-state index in [-0.39, 0.29) is 12.5 Å². The van der Waals surface area contributed by atoms with Crippen LogP contribution >= 0.6 is 11.3 Å². The number of nitrogens with zero attached hydrogens (tertiary/aromatic N) is 2. The second kappa shape index (κ2) is 8.58. The number of hydrogen-bond acceptors (Lipinski definition) is 5. The first-order valence-electron chi connectivity index (χ1n) is 8.44. The van der Waals surface area contributed by atoms with Crippen molar-refractivity contribution < 1.29 is 9.53 Å². The van der Waals surface area contributed by atoms with Crippen molar-refractivity contribution in [2.75, 3.05) is 13.2 Å². The number of hydrogen-bond donors (Lipinski definition) is 1. The highest BCUT2D eigenvalue weighted by Crippen LogP contribution is 2.21. The van der Waals surface area contributed by atoms with E-state index in [1.54, 1.807) is 17.5 Å². The number of carbonyl (C=O) groups excluding carboxylic acids is 1. The van der Waals surface area contributed by atoms with Gasteiger partial charge in [-0.05, 0) is 49.2 Å². The van der Waals surface area contributed by atoms with Gasteiger partial charge in [-0.1, -0.05) is 12.1 Å². The summed E-state index contributed by atoms with van der Waals surface area (Å²) in [7, 11) is 0. The lowest BCUT2D eigenvalue weighted by Gasteiger charge is -2.08. The minimum Gasteiger partial charge on any atom is -0.484 e. The van der Waals surface area contributed by atoms with Crippen LogP contribution in [0, 0.1) is 13.8 Å². The number of aromatic nitrogens is 2. The van der Waals surface area contributed by atoms with Gasteiger partial charge in [0.15, 0.2) is 6.61 Å². The van der Waals surface area contributed by atoms with Crippen molar-refractivity contribution in [1.82, 2.24) is 15.3 Å². The molecule has 3 rings (SSSR count). The van der Waals surface area contributed by atoms with E-state index in [0.717, 1.165) is 22.0 Å². The monoisotopic (exact) mass is 367 g/mol. The van der Waals surface area contributed by atoms with Crippen LogP contribution in [0.4, 0.5) is 0 Å². The first kappa shape index (κ1) is 18.1. The molecule has 134 valence electrons. The zero-order valence-electron chi connectivity index (χ0n) is 14.9. The molecule has 0 saturated heterocycles. The van der Waals surface area contributed by atoms with Gasteiger partial charge in [0.05, 0.1) is 11.4 Å². The Labute approximate surface area is 157 Å². The maximum Gasteiger partial charge on any atom is 0.257 e. The van der Waals surface area contributed by atoms with Crippen LogP contribution in [-0.2, 0) is 11.2 Å². The molecular formula is C20H21N3O2S. The fourth-order valence-electron chi connectivity index (χ4n) is 2.36. The molecule has 0 saturated carbocycles. The number of rotatable bonds is 7. The van der Waals surface area contributed by atoms with E-state index in [0.29, 0.717) is 18.7 Å². The Morgan fingerprint density at radius 2 is 2.08 bits per heavy atom. The molecule has 0 aliphatic rings. The number of nitrogens with one attached hydrogen (secondary N) is 1. The third-order valence-corrected chi connectivity index (χ3v) is 4.90. The minimum atomic E-state index is -0.136. The van der Waals surface area contributed by atoms with Crippen LogP contribution < -0.4 is 10.1 Å². The van der Waals surface area contributed by atoms with Gasteiger partial charge in [-0.2, -0.15) is 0 Å². The molecule has 26 heavy (non-hydrogen) atoms. The standard InChI is InChI=1S/C20H21N3O2S/c1-14-6-7-17(11-15(14)2)25-12-19(24)22-10-8-16-13-26-20(23-16)18-5-3-4-9-21-18/h3-7,9,11,13H,8,10,12H2,1-2H3,(H,22,24). The smallest absolute Gasteiger partial charge is 0.257 e. The molecule has 0 radical (unpaired) electrons. The summed E-state index contributed by atoms with van der Waals surface area (Å²) < 4.78 is 5.53. The van der Waals surface area contributed by atoms with Crippen LogP contribution in [0.3, 0.4) is 0 Å². The van der Waals surface area contributed by atoms with Crippen LogP contribution in [0.25, 0.3) is 10.7 Å². The molecule has 1 aromatic carbocycles. The lowest BCUT2D eigenvalue weighted by molar-refractivity contribution is -0.123. The number of benzene rings is 1.